The molecule has 0 spiro atoms. The molecule has 1 heterocycles. The molecule has 156 valence electrons. The predicted molar refractivity (Wildman–Crippen MR) is 110 cm³/mol. The van der Waals surface area contributed by atoms with Crippen LogP contribution in [0.3, 0.4) is 0 Å². The fourth-order valence-electron chi connectivity index (χ4n) is 3.46. The molecule has 9 heteroatoms. The van der Waals surface area contributed by atoms with Crippen LogP contribution >= 0.6 is 11.8 Å². The van der Waals surface area contributed by atoms with Crippen molar-refractivity contribution in [1.29, 1.82) is 0 Å². The summed E-state index contributed by atoms with van der Waals surface area (Å²) >= 11 is 1.21. The number of nitrogens with zero attached hydrogens (tertiary/aromatic N) is 3. The van der Waals surface area contributed by atoms with Crippen molar-refractivity contribution in [2.45, 2.75) is 63.2 Å². The number of carbonyl (C=O) groups excluding carboxylic acids is 2. The molecule has 0 atom stereocenters. The lowest BCUT2D eigenvalue weighted by Gasteiger charge is -2.25. The van der Waals surface area contributed by atoms with Gasteiger partial charge >= 0.3 is 6.03 Å². The second kappa shape index (κ2) is 9.87. The van der Waals surface area contributed by atoms with Gasteiger partial charge in [0.2, 0.25) is 5.91 Å². The molecule has 2 N–H and O–H groups in total. The molecule has 3 amide bonds. The zero-order chi connectivity index (χ0) is 20.8. The highest BCUT2D eigenvalue weighted by molar-refractivity contribution is 7.99. The minimum absolute atomic E-state index is 0.0215. The Bertz CT molecular complexity index is 864. The van der Waals surface area contributed by atoms with E-state index < -0.39 is 11.9 Å². The largest absolute Gasteiger partial charge is 0.336 e. The molecule has 0 radical (unpaired) electrons. The van der Waals surface area contributed by atoms with Crippen molar-refractivity contribution in [3.05, 3.63) is 30.1 Å². The van der Waals surface area contributed by atoms with Crippen molar-refractivity contribution in [1.82, 2.24) is 25.4 Å². The maximum atomic E-state index is 14.4. The lowest BCUT2D eigenvalue weighted by molar-refractivity contribution is -0.117. The number of aromatic nitrogens is 3. The Morgan fingerprint density at radius 2 is 1.93 bits per heavy atom. The van der Waals surface area contributed by atoms with Gasteiger partial charge in [-0.3, -0.25) is 14.7 Å². The average Bonchev–Trinajstić information content (AvgIpc) is 3.10. The standard InChI is InChI=1S/C20H26FN5O2S/c1-13(2)22-19(28)23-17(27)12-29-20-25-24-18(15-10-6-7-11-16(15)21)26(20)14-8-4-3-5-9-14/h6-7,10-11,13-14H,3-5,8-9,12H2,1-2H3,(H2,22,23,27,28). The third kappa shape index (κ3) is 5.56. The molecule has 1 saturated carbocycles. The van der Waals surface area contributed by atoms with Crippen LogP contribution < -0.4 is 10.6 Å². The Balaban J connectivity index is 1.79. The van der Waals surface area contributed by atoms with E-state index in [9.17, 15) is 14.0 Å². The van der Waals surface area contributed by atoms with Crippen molar-refractivity contribution in [3.63, 3.8) is 0 Å². The summed E-state index contributed by atoms with van der Waals surface area (Å²) in [6.07, 6.45) is 5.31. The number of halogens is 1. The molecule has 1 fully saturated rings. The van der Waals surface area contributed by atoms with Gasteiger partial charge in [-0.2, -0.15) is 0 Å². The molecular weight excluding hydrogens is 393 g/mol. The fourth-order valence-corrected chi connectivity index (χ4v) is 4.27. The number of amides is 3. The fraction of sp³-hybridized carbons (Fsp3) is 0.500. The lowest BCUT2D eigenvalue weighted by atomic mass is 9.95. The summed E-state index contributed by atoms with van der Waals surface area (Å²) in [5.74, 6) is -0.265. The molecule has 0 aliphatic heterocycles. The van der Waals surface area contributed by atoms with Crippen molar-refractivity contribution in [3.8, 4) is 11.4 Å². The number of rotatable bonds is 6. The average molecular weight is 420 g/mol. The van der Waals surface area contributed by atoms with Gasteiger partial charge in [0.15, 0.2) is 11.0 Å². The van der Waals surface area contributed by atoms with Gasteiger partial charge in [-0.05, 0) is 38.8 Å². The van der Waals surface area contributed by atoms with Crippen LogP contribution in [0.2, 0.25) is 0 Å². The normalized spacial score (nSPS) is 14.8. The van der Waals surface area contributed by atoms with Crippen LogP contribution in [0.4, 0.5) is 9.18 Å². The van der Waals surface area contributed by atoms with Crippen molar-refractivity contribution < 1.29 is 14.0 Å². The third-order valence-corrected chi connectivity index (χ3v) is 5.67. The van der Waals surface area contributed by atoms with Gasteiger partial charge in [-0.1, -0.05) is 43.2 Å². The molecule has 1 aromatic heterocycles. The Kier molecular flexibility index (Phi) is 7.24. The van der Waals surface area contributed by atoms with E-state index in [1.165, 1.54) is 24.2 Å². The van der Waals surface area contributed by atoms with Crippen LogP contribution in [0.15, 0.2) is 29.4 Å². The van der Waals surface area contributed by atoms with E-state index in [0.29, 0.717) is 16.5 Å². The van der Waals surface area contributed by atoms with Gasteiger partial charge in [-0.15, -0.1) is 10.2 Å². The van der Waals surface area contributed by atoms with Crippen LogP contribution in [-0.2, 0) is 4.79 Å². The number of thioether (sulfide) groups is 1. The first kappa shape index (κ1) is 21.3. The second-order valence-electron chi connectivity index (χ2n) is 7.41. The highest BCUT2D eigenvalue weighted by Gasteiger charge is 2.25. The van der Waals surface area contributed by atoms with E-state index >= 15 is 0 Å². The van der Waals surface area contributed by atoms with E-state index in [4.69, 9.17) is 0 Å². The summed E-state index contributed by atoms with van der Waals surface area (Å²) in [7, 11) is 0. The molecule has 0 unspecified atom stereocenters. The molecule has 1 aliphatic rings. The Morgan fingerprint density at radius 3 is 2.62 bits per heavy atom. The van der Waals surface area contributed by atoms with Crippen LogP contribution in [0.5, 0.6) is 0 Å². The second-order valence-corrected chi connectivity index (χ2v) is 8.36. The monoisotopic (exact) mass is 419 g/mol. The first-order valence-corrected chi connectivity index (χ1v) is 10.9. The van der Waals surface area contributed by atoms with Crippen molar-refractivity contribution in [2.24, 2.45) is 0 Å². The number of benzene rings is 1. The summed E-state index contributed by atoms with van der Waals surface area (Å²) < 4.78 is 16.4. The summed E-state index contributed by atoms with van der Waals surface area (Å²) in [4.78, 5) is 23.8. The molecular formula is C20H26FN5O2S. The Morgan fingerprint density at radius 1 is 1.21 bits per heavy atom. The molecule has 7 nitrogen and oxygen atoms in total. The Hall–Kier alpha value is -2.42. The first-order valence-electron chi connectivity index (χ1n) is 9.88. The predicted octanol–water partition coefficient (Wildman–Crippen LogP) is 3.92. The molecule has 3 rings (SSSR count). The van der Waals surface area contributed by atoms with Gasteiger partial charge in [0.25, 0.3) is 0 Å². The van der Waals surface area contributed by atoms with Crippen LogP contribution in [-0.4, -0.2) is 38.5 Å². The van der Waals surface area contributed by atoms with E-state index in [1.54, 1.807) is 18.2 Å². The minimum atomic E-state index is -0.522. The van der Waals surface area contributed by atoms with Gasteiger partial charge in [0.1, 0.15) is 5.82 Å². The zero-order valence-electron chi connectivity index (χ0n) is 16.7. The molecule has 1 aliphatic carbocycles. The van der Waals surface area contributed by atoms with Gasteiger partial charge in [-0.25, -0.2) is 9.18 Å². The maximum absolute atomic E-state index is 14.4. The highest BCUT2D eigenvalue weighted by Crippen LogP contribution is 2.36. The number of carbonyl (C=O) groups is 2. The highest BCUT2D eigenvalue weighted by atomic mass is 32.2. The SMILES string of the molecule is CC(C)NC(=O)NC(=O)CSc1nnc(-c2ccccc2F)n1C1CCCCC1. The number of hydrogen-bond acceptors (Lipinski definition) is 5. The van der Waals surface area contributed by atoms with Crippen LogP contribution in [0, 0.1) is 5.82 Å². The topological polar surface area (TPSA) is 88.9 Å². The lowest BCUT2D eigenvalue weighted by Crippen LogP contribution is -2.43. The summed E-state index contributed by atoms with van der Waals surface area (Å²) in [5, 5.41) is 14.0. The summed E-state index contributed by atoms with van der Waals surface area (Å²) in [6.45, 7) is 3.63. The number of hydrogen-bond donors (Lipinski definition) is 2. The van der Waals surface area contributed by atoms with Crippen LogP contribution in [0.1, 0.15) is 52.0 Å². The van der Waals surface area contributed by atoms with E-state index in [1.807, 2.05) is 18.4 Å². The molecule has 2 aromatic rings. The van der Waals surface area contributed by atoms with Crippen LogP contribution in [0.25, 0.3) is 11.4 Å². The molecule has 29 heavy (non-hydrogen) atoms. The van der Waals surface area contributed by atoms with Crippen molar-refractivity contribution in [2.75, 3.05) is 5.75 Å². The molecule has 1 aromatic carbocycles. The smallest absolute Gasteiger partial charge is 0.321 e. The third-order valence-electron chi connectivity index (χ3n) is 4.72. The maximum Gasteiger partial charge on any atom is 0.321 e. The first-order chi connectivity index (χ1) is 14.0. The van der Waals surface area contributed by atoms with E-state index in [2.05, 4.69) is 20.8 Å². The molecule has 0 saturated heterocycles. The number of urea groups is 1. The van der Waals surface area contributed by atoms with Crippen molar-refractivity contribution >= 4 is 23.7 Å². The van der Waals surface area contributed by atoms with E-state index in [-0.39, 0.29) is 23.7 Å². The molecule has 0 bridgehead atoms. The Labute approximate surface area is 173 Å². The van der Waals surface area contributed by atoms with Gasteiger partial charge in [0, 0.05) is 12.1 Å². The number of nitrogens with one attached hydrogen (secondary N) is 2. The quantitative estimate of drug-likeness (QED) is 0.693. The summed E-state index contributed by atoms with van der Waals surface area (Å²) in [6, 6.07) is 6.09. The zero-order valence-corrected chi connectivity index (χ0v) is 17.5. The van der Waals surface area contributed by atoms with Gasteiger partial charge in [0.05, 0.1) is 11.3 Å². The van der Waals surface area contributed by atoms with Gasteiger partial charge < -0.3 is 5.32 Å². The van der Waals surface area contributed by atoms with E-state index in [0.717, 1.165) is 25.7 Å². The summed E-state index contributed by atoms with van der Waals surface area (Å²) in [5.41, 5.74) is 0.401. The number of imide groups is 1. The minimum Gasteiger partial charge on any atom is -0.336 e.